The summed E-state index contributed by atoms with van der Waals surface area (Å²) < 4.78 is 19.5. The van der Waals surface area contributed by atoms with Gasteiger partial charge in [0.05, 0.1) is 13.7 Å². The van der Waals surface area contributed by atoms with E-state index in [4.69, 9.17) is 14.2 Å². The number of hydrogen-bond acceptors (Lipinski definition) is 4. The standard InChI is InChI=1S/C38H39NO5/c1-38(2,3)29-14-10-26(11-15-29)24-44-32-18-19-34-33(21-32)35(28-12-16-30(17-13-28)43-23-25-8-9-25)36(37(40)41)39(34)22-27-6-5-7-31(20-27)42-4/h5-7,10-21,25H,8-9,22-24H2,1-4H3,(H,40,41). The highest BCUT2D eigenvalue weighted by molar-refractivity contribution is 6.08. The molecule has 1 aliphatic rings. The Balaban J connectivity index is 1.38. The number of aromatic carboxylic acids is 1. The third kappa shape index (κ3) is 6.45. The molecule has 5 aromatic rings. The van der Waals surface area contributed by atoms with Crippen LogP contribution in [0, 0.1) is 5.92 Å². The van der Waals surface area contributed by atoms with Gasteiger partial charge < -0.3 is 23.9 Å². The van der Waals surface area contributed by atoms with Crippen LogP contribution in [-0.4, -0.2) is 29.4 Å². The molecule has 6 heteroatoms. The van der Waals surface area contributed by atoms with Crippen LogP contribution in [0.25, 0.3) is 22.0 Å². The molecule has 1 N–H and O–H groups in total. The van der Waals surface area contributed by atoms with Gasteiger partial charge in [-0.25, -0.2) is 4.79 Å². The van der Waals surface area contributed by atoms with Gasteiger partial charge >= 0.3 is 5.97 Å². The molecule has 4 aromatic carbocycles. The Morgan fingerprint density at radius 1 is 0.841 bits per heavy atom. The van der Waals surface area contributed by atoms with E-state index in [1.54, 1.807) is 7.11 Å². The van der Waals surface area contributed by atoms with Crippen molar-refractivity contribution in [3.8, 4) is 28.4 Å². The average Bonchev–Trinajstić information content (AvgIpc) is 3.80. The fourth-order valence-electron chi connectivity index (χ4n) is 5.54. The highest BCUT2D eigenvalue weighted by Crippen LogP contribution is 2.39. The van der Waals surface area contributed by atoms with Crippen molar-refractivity contribution < 1.29 is 24.1 Å². The number of fused-ring (bicyclic) bond motifs is 1. The predicted molar refractivity (Wildman–Crippen MR) is 174 cm³/mol. The zero-order valence-electron chi connectivity index (χ0n) is 25.8. The summed E-state index contributed by atoms with van der Waals surface area (Å²) in [6.45, 7) is 8.11. The SMILES string of the molecule is COc1cccc(Cn2c(C(=O)O)c(-c3ccc(OCC4CC4)cc3)c3cc(OCc4ccc(C(C)(C)C)cc4)ccc32)c1. The quantitative estimate of drug-likeness (QED) is 0.167. The summed E-state index contributed by atoms with van der Waals surface area (Å²) in [7, 11) is 1.63. The molecule has 0 spiro atoms. The van der Waals surface area contributed by atoms with Gasteiger partial charge in [0.1, 0.15) is 29.5 Å². The second-order valence-corrected chi connectivity index (χ2v) is 12.7. The fourth-order valence-corrected chi connectivity index (χ4v) is 5.54. The summed E-state index contributed by atoms with van der Waals surface area (Å²) in [6, 6.07) is 29.8. The lowest BCUT2D eigenvalue weighted by Crippen LogP contribution is -2.10. The number of aromatic nitrogens is 1. The van der Waals surface area contributed by atoms with Crippen molar-refractivity contribution in [1.82, 2.24) is 4.57 Å². The van der Waals surface area contributed by atoms with E-state index >= 15 is 0 Å². The molecular weight excluding hydrogens is 550 g/mol. The largest absolute Gasteiger partial charge is 0.497 e. The number of methoxy groups -OCH3 is 1. The monoisotopic (exact) mass is 589 g/mol. The van der Waals surface area contributed by atoms with E-state index in [9.17, 15) is 9.90 Å². The molecule has 6 rings (SSSR count). The van der Waals surface area contributed by atoms with Crippen LogP contribution < -0.4 is 14.2 Å². The van der Waals surface area contributed by atoms with Crippen molar-refractivity contribution in [3.63, 3.8) is 0 Å². The first kappa shape index (κ1) is 29.4. The molecule has 0 bridgehead atoms. The van der Waals surface area contributed by atoms with Gasteiger partial charge in [-0.05, 0) is 88.9 Å². The number of nitrogens with zero attached hydrogens (tertiary/aromatic N) is 1. The Hall–Kier alpha value is -4.71. The van der Waals surface area contributed by atoms with Gasteiger partial charge in [-0.3, -0.25) is 0 Å². The molecule has 226 valence electrons. The number of benzene rings is 4. The van der Waals surface area contributed by atoms with Crippen LogP contribution in [0.15, 0.2) is 91.0 Å². The summed E-state index contributed by atoms with van der Waals surface area (Å²) in [5.74, 6) is 1.86. The average molecular weight is 590 g/mol. The highest BCUT2D eigenvalue weighted by atomic mass is 16.5. The summed E-state index contributed by atoms with van der Waals surface area (Å²) in [5, 5.41) is 11.4. The lowest BCUT2D eigenvalue weighted by atomic mass is 9.87. The van der Waals surface area contributed by atoms with Gasteiger partial charge in [0.15, 0.2) is 0 Å². The Labute approximate surface area is 258 Å². The third-order valence-corrected chi connectivity index (χ3v) is 8.26. The summed E-state index contributed by atoms with van der Waals surface area (Å²) in [5.41, 5.74) is 5.88. The molecule has 0 amide bonds. The first-order chi connectivity index (χ1) is 21.2. The van der Waals surface area contributed by atoms with Crippen molar-refractivity contribution in [1.29, 1.82) is 0 Å². The van der Waals surface area contributed by atoms with Gasteiger partial charge in [-0.15, -0.1) is 0 Å². The smallest absolute Gasteiger partial charge is 0.353 e. The van der Waals surface area contributed by atoms with Crippen molar-refractivity contribution >= 4 is 16.9 Å². The molecule has 0 atom stereocenters. The number of carbonyl (C=O) groups is 1. The zero-order valence-corrected chi connectivity index (χ0v) is 25.8. The van der Waals surface area contributed by atoms with Gasteiger partial charge in [0, 0.05) is 23.0 Å². The van der Waals surface area contributed by atoms with Gasteiger partial charge in [-0.1, -0.05) is 69.3 Å². The maximum Gasteiger partial charge on any atom is 0.353 e. The van der Waals surface area contributed by atoms with Crippen molar-refractivity contribution in [3.05, 3.63) is 113 Å². The number of carboxylic acid groups (broad SMARTS) is 1. The molecule has 1 fully saturated rings. The number of carboxylic acids is 1. The lowest BCUT2D eigenvalue weighted by Gasteiger charge is -2.19. The Morgan fingerprint density at radius 3 is 2.23 bits per heavy atom. The predicted octanol–water partition coefficient (Wildman–Crippen LogP) is 8.73. The molecule has 1 aliphatic carbocycles. The minimum atomic E-state index is -0.991. The van der Waals surface area contributed by atoms with Crippen molar-refractivity contribution in [2.75, 3.05) is 13.7 Å². The molecule has 0 unspecified atom stereocenters. The Bertz CT molecular complexity index is 1770. The topological polar surface area (TPSA) is 69.9 Å². The van der Waals surface area contributed by atoms with Crippen LogP contribution in [0.5, 0.6) is 17.2 Å². The van der Waals surface area contributed by atoms with E-state index in [2.05, 4.69) is 45.0 Å². The second kappa shape index (κ2) is 12.1. The summed E-state index contributed by atoms with van der Waals surface area (Å²) in [4.78, 5) is 12.9. The fraction of sp³-hybridized carbons (Fsp3) is 0.289. The molecule has 1 aromatic heterocycles. The van der Waals surface area contributed by atoms with Crippen LogP contribution in [0.2, 0.25) is 0 Å². The van der Waals surface area contributed by atoms with Crippen LogP contribution in [0.1, 0.15) is 60.8 Å². The maximum absolute atomic E-state index is 12.9. The van der Waals surface area contributed by atoms with Gasteiger partial charge in [0.25, 0.3) is 0 Å². The Morgan fingerprint density at radius 2 is 1.57 bits per heavy atom. The molecule has 1 heterocycles. The normalized spacial score (nSPS) is 13.2. The highest BCUT2D eigenvalue weighted by Gasteiger charge is 2.25. The van der Waals surface area contributed by atoms with Gasteiger partial charge in [-0.2, -0.15) is 0 Å². The Kier molecular flexibility index (Phi) is 8.09. The number of rotatable bonds is 11. The molecule has 44 heavy (non-hydrogen) atoms. The maximum atomic E-state index is 12.9. The number of hydrogen-bond donors (Lipinski definition) is 1. The van der Waals surface area contributed by atoms with Gasteiger partial charge in [0.2, 0.25) is 0 Å². The van der Waals surface area contributed by atoms with Crippen LogP contribution in [0.3, 0.4) is 0 Å². The molecule has 1 saturated carbocycles. The van der Waals surface area contributed by atoms with E-state index in [0.29, 0.717) is 30.4 Å². The number of ether oxygens (including phenoxy) is 3. The second-order valence-electron chi connectivity index (χ2n) is 12.7. The van der Waals surface area contributed by atoms with Crippen LogP contribution >= 0.6 is 0 Å². The minimum absolute atomic E-state index is 0.0856. The first-order valence-corrected chi connectivity index (χ1v) is 15.2. The zero-order chi connectivity index (χ0) is 30.8. The summed E-state index contributed by atoms with van der Waals surface area (Å²) in [6.07, 6.45) is 2.44. The van der Waals surface area contributed by atoms with E-state index in [1.165, 1.54) is 18.4 Å². The van der Waals surface area contributed by atoms with E-state index < -0.39 is 5.97 Å². The van der Waals surface area contributed by atoms with E-state index in [1.807, 2.05) is 71.3 Å². The van der Waals surface area contributed by atoms with Crippen LogP contribution in [-0.2, 0) is 18.6 Å². The van der Waals surface area contributed by atoms with E-state index in [-0.39, 0.29) is 11.1 Å². The van der Waals surface area contributed by atoms with E-state index in [0.717, 1.165) is 45.7 Å². The van der Waals surface area contributed by atoms with Crippen molar-refractivity contribution in [2.45, 2.75) is 52.2 Å². The lowest BCUT2D eigenvalue weighted by molar-refractivity contribution is 0.0687. The van der Waals surface area contributed by atoms with Crippen LogP contribution in [0.4, 0.5) is 0 Å². The molecule has 0 aliphatic heterocycles. The first-order valence-electron chi connectivity index (χ1n) is 15.2. The molecular formula is C38H39NO5. The molecule has 6 nitrogen and oxygen atoms in total. The summed E-state index contributed by atoms with van der Waals surface area (Å²) >= 11 is 0. The molecule has 0 saturated heterocycles. The molecule has 0 radical (unpaired) electrons. The van der Waals surface area contributed by atoms with Crippen molar-refractivity contribution in [2.24, 2.45) is 5.92 Å². The third-order valence-electron chi connectivity index (χ3n) is 8.26. The minimum Gasteiger partial charge on any atom is -0.497 e.